The molecule has 84 valence electrons. The predicted octanol–water partition coefficient (Wildman–Crippen LogP) is -0.516. The first-order chi connectivity index (χ1) is 7.50. The first-order valence-corrected chi connectivity index (χ1v) is 4.76. The first kappa shape index (κ1) is 10.4. The van der Waals surface area contributed by atoms with Crippen molar-refractivity contribution in [3.63, 3.8) is 0 Å². The smallest absolute Gasteiger partial charge is 0.303 e. The van der Waals surface area contributed by atoms with Gasteiger partial charge in [-0.05, 0) is 0 Å². The van der Waals surface area contributed by atoms with Gasteiger partial charge in [-0.25, -0.2) is 4.79 Å². The third kappa shape index (κ3) is 1.48. The Morgan fingerprint density at radius 2 is 1.81 bits per heavy atom. The van der Waals surface area contributed by atoms with Crippen LogP contribution >= 0.6 is 0 Å². The van der Waals surface area contributed by atoms with E-state index in [1.54, 1.807) is 31.2 Å². The van der Waals surface area contributed by atoms with Gasteiger partial charge in [-0.1, -0.05) is 0 Å². The van der Waals surface area contributed by atoms with Crippen LogP contribution in [0.1, 0.15) is 0 Å². The standard InChI is InChI=1S/C10H12N4O2/c1-12-6-8(7-4-11-13(2)5-7)9(15)14(3)10(12)16/h4-6H,1-3H3. The summed E-state index contributed by atoms with van der Waals surface area (Å²) in [6.07, 6.45) is 4.87. The number of aryl methyl sites for hydroxylation is 2. The van der Waals surface area contributed by atoms with Crippen LogP contribution in [0.4, 0.5) is 0 Å². The van der Waals surface area contributed by atoms with Crippen LogP contribution in [0, 0.1) is 0 Å². The van der Waals surface area contributed by atoms with Gasteiger partial charge in [-0.3, -0.25) is 14.0 Å². The van der Waals surface area contributed by atoms with Gasteiger partial charge in [0.15, 0.2) is 0 Å². The van der Waals surface area contributed by atoms with Gasteiger partial charge in [0, 0.05) is 39.1 Å². The number of rotatable bonds is 1. The van der Waals surface area contributed by atoms with E-state index in [9.17, 15) is 9.59 Å². The molecule has 2 rings (SSSR count). The van der Waals surface area contributed by atoms with Crippen molar-refractivity contribution < 1.29 is 0 Å². The molecule has 0 spiro atoms. The second-order valence-electron chi connectivity index (χ2n) is 3.70. The van der Waals surface area contributed by atoms with E-state index >= 15 is 0 Å². The van der Waals surface area contributed by atoms with Crippen LogP contribution in [0.5, 0.6) is 0 Å². The van der Waals surface area contributed by atoms with Gasteiger partial charge in [0.2, 0.25) is 0 Å². The highest BCUT2D eigenvalue weighted by Gasteiger charge is 2.09. The summed E-state index contributed by atoms with van der Waals surface area (Å²) in [5.74, 6) is 0. The molecule has 0 aliphatic heterocycles. The molecule has 0 saturated carbocycles. The lowest BCUT2D eigenvalue weighted by Gasteiger charge is -2.04. The SMILES string of the molecule is Cn1cc(-c2cn(C)c(=O)n(C)c2=O)cn1. The molecule has 6 heteroatoms. The van der Waals surface area contributed by atoms with Gasteiger partial charge in [0.25, 0.3) is 5.56 Å². The molecule has 0 fully saturated rings. The summed E-state index contributed by atoms with van der Waals surface area (Å²) in [4.78, 5) is 23.3. The minimum absolute atomic E-state index is 0.309. The van der Waals surface area contributed by atoms with E-state index in [0.29, 0.717) is 11.1 Å². The topological polar surface area (TPSA) is 61.8 Å². The van der Waals surface area contributed by atoms with Gasteiger partial charge < -0.3 is 4.57 Å². The van der Waals surface area contributed by atoms with E-state index in [1.807, 2.05) is 0 Å². The molecule has 0 bridgehead atoms. The Kier molecular flexibility index (Phi) is 2.26. The molecule has 0 radical (unpaired) electrons. The number of nitrogens with zero attached hydrogens (tertiary/aromatic N) is 4. The summed E-state index contributed by atoms with van der Waals surface area (Å²) in [7, 11) is 4.85. The maximum atomic E-state index is 11.9. The molecule has 0 atom stereocenters. The molecule has 6 nitrogen and oxygen atoms in total. The predicted molar refractivity (Wildman–Crippen MR) is 59.1 cm³/mol. The Labute approximate surface area is 91.4 Å². The lowest BCUT2D eigenvalue weighted by atomic mass is 10.2. The summed E-state index contributed by atoms with van der Waals surface area (Å²) in [6, 6.07) is 0. The molecule has 0 amide bonds. The largest absolute Gasteiger partial charge is 0.330 e. The van der Waals surface area contributed by atoms with Crippen molar-refractivity contribution in [1.29, 1.82) is 0 Å². The fraction of sp³-hybridized carbons (Fsp3) is 0.300. The highest BCUT2D eigenvalue weighted by molar-refractivity contribution is 5.59. The Morgan fingerprint density at radius 3 is 2.38 bits per heavy atom. The molecule has 2 aromatic rings. The van der Waals surface area contributed by atoms with Gasteiger partial charge in [-0.2, -0.15) is 5.10 Å². The van der Waals surface area contributed by atoms with E-state index in [0.717, 1.165) is 4.57 Å². The molecule has 2 heterocycles. The van der Waals surface area contributed by atoms with Crippen molar-refractivity contribution in [2.75, 3.05) is 0 Å². The molecule has 0 aromatic carbocycles. The molecule has 0 N–H and O–H groups in total. The minimum atomic E-state index is -0.336. The van der Waals surface area contributed by atoms with E-state index in [2.05, 4.69) is 5.10 Å². The fourth-order valence-electron chi connectivity index (χ4n) is 1.57. The van der Waals surface area contributed by atoms with E-state index in [1.165, 1.54) is 17.8 Å². The average Bonchev–Trinajstić information content (AvgIpc) is 2.67. The molecule has 16 heavy (non-hydrogen) atoms. The number of hydrogen-bond acceptors (Lipinski definition) is 3. The lowest BCUT2D eigenvalue weighted by Crippen LogP contribution is -2.37. The fourth-order valence-corrected chi connectivity index (χ4v) is 1.57. The second kappa shape index (κ2) is 3.48. The first-order valence-electron chi connectivity index (χ1n) is 4.76. The minimum Gasteiger partial charge on any atom is -0.303 e. The molecule has 2 aromatic heterocycles. The second-order valence-corrected chi connectivity index (χ2v) is 3.70. The summed E-state index contributed by atoms with van der Waals surface area (Å²) in [5.41, 5.74) is 0.533. The summed E-state index contributed by atoms with van der Waals surface area (Å²) < 4.78 is 4.08. The van der Waals surface area contributed by atoms with Crippen molar-refractivity contribution in [3.8, 4) is 11.1 Å². The van der Waals surface area contributed by atoms with Crippen LogP contribution in [-0.4, -0.2) is 18.9 Å². The molecule has 0 saturated heterocycles. The van der Waals surface area contributed by atoms with Gasteiger partial charge >= 0.3 is 5.69 Å². The number of aromatic nitrogens is 4. The average molecular weight is 220 g/mol. The molecule has 0 aliphatic rings. The Morgan fingerprint density at radius 1 is 1.12 bits per heavy atom. The van der Waals surface area contributed by atoms with Crippen LogP contribution < -0.4 is 11.2 Å². The van der Waals surface area contributed by atoms with Crippen LogP contribution in [0.2, 0.25) is 0 Å². The van der Waals surface area contributed by atoms with Gasteiger partial charge in [0.1, 0.15) is 0 Å². The van der Waals surface area contributed by atoms with Crippen LogP contribution in [-0.2, 0) is 21.1 Å². The number of hydrogen-bond donors (Lipinski definition) is 0. The Bertz CT molecular complexity index is 648. The van der Waals surface area contributed by atoms with Gasteiger partial charge in [0.05, 0.1) is 11.8 Å². The molecule has 0 unspecified atom stereocenters. The summed E-state index contributed by atoms with van der Waals surface area (Å²) >= 11 is 0. The van der Waals surface area contributed by atoms with Crippen molar-refractivity contribution in [2.24, 2.45) is 21.1 Å². The monoisotopic (exact) mass is 220 g/mol. The van der Waals surface area contributed by atoms with Crippen molar-refractivity contribution in [2.45, 2.75) is 0 Å². The molecule has 0 aliphatic carbocycles. The Balaban J connectivity index is 2.77. The van der Waals surface area contributed by atoms with E-state index < -0.39 is 0 Å². The zero-order valence-electron chi connectivity index (χ0n) is 9.34. The van der Waals surface area contributed by atoms with Crippen LogP contribution in [0.25, 0.3) is 11.1 Å². The lowest BCUT2D eigenvalue weighted by molar-refractivity contribution is 0.688. The zero-order valence-corrected chi connectivity index (χ0v) is 9.34. The third-order valence-corrected chi connectivity index (χ3v) is 2.46. The van der Waals surface area contributed by atoms with Crippen molar-refractivity contribution in [3.05, 3.63) is 39.4 Å². The summed E-state index contributed by atoms with van der Waals surface area (Å²) in [5, 5.41) is 4.00. The maximum absolute atomic E-state index is 11.9. The van der Waals surface area contributed by atoms with E-state index in [-0.39, 0.29) is 11.2 Å². The molecular formula is C10H12N4O2. The highest BCUT2D eigenvalue weighted by Crippen LogP contribution is 2.11. The van der Waals surface area contributed by atoms with Gasteiger partial charge in [-0.15, -0.1) is 0 Å². The van der Waals surface area contributed by atoms with Crippen LogP contribution in [0.3, 0.4) is 0 Å². The van der Waals surface area contributed by atoms with E-state index in [4.69, 9.17) is 0 Å². The van der Waals surface area contributed by atoms with Crippen molar-refractivity contribution in [1.82, 2.24) is 18.9 Å². The quantitative estimate of drug-likeness (QED) is 0.650. The third-order valence-electron chi connectivity index (χ3n) is 2.46. The van der Waals surface area contributed by atoms with Crippen molar-refractivity contribution >= 4 is 0 Å². The molecular weight excluding hydrogens is 208 g/mol. The van der Waals surface area contributed by atoms with Crippen LogP contribution in [0.15, 0.2) is 28.2 Å². The summed E-state index contributed by atoms with van der Waals surface area (Å²) in [6.45, 7) is 0. The zero-order chi connectivity index (χ0) is 11.9. The maximum Gasteiger partial charge on any atom is 0.330 e. The highest BCUT2D eigenvalue weighted by atomic mass is 16.2. The Hall–Kier alpha value is -2.11. The normalized spacial score (nSPS) is 10.7.